The third kappa shape index (κ3) is 4.21. The lowest BCUT2D eigenvalue weighted by atomic mass is 10.1. The highest BCUT2D eigenvalue weighted by Gasteiger charge is 2.29. The second kappa shape index (κ2) is 8.71. The van der Waals surface area contributed by atoms with Gasteiger partial charge in [0.25, 0.3) is 5.91 Å². The number of benzene rings is 2. The molecule has 1 amide bonds. The van der Waals surface area contributed by atoms with Crippen LogP contribution >= 0.6 is 0 Å². The first kappa shape index (κ1) is 20.8. The van der Waals surface area contributed by atoms with Crippen LogP contribution in [0.5, 0.6) is 17.2 Å². The molecule has 2 aromatic carbocycles. The molecular weight excluding hydrogens is 394 g/mol. The quantitative estimate of drug-likeness (QED) is 0.588. The van der Waals surface area contributed by atoms with Gasteiger partial charge in [-0.15, -0.1) is 0 Å². The molecule has 1 aromatic heterocycles. The molecule has 0 saturated heterocycles. The van der Waals surface area contributed by atoms with Crippen molar-refractivity contribution in [2.45, 2.75) is 31.7 Å². The van der Waals surface area contributed by atoms with Gasteiger partial charge < -0.3 is 19.5 Å². The van der Waals surface area contributed by atoms with Crippen molar-refractivity contribution in [2.24, 2.45) is 0 Å². The second-order valence-corrected chi connectivity index (χ2v) is 7.63. The highest BCUT2D eigenvalue weighted by molar-refractivity contribution is 5.93. The lowest BCUT2D eigenvalue weighted by Crippen LogP contribution is -2.28. The van der Waals surface area contributed by atoms with Gasteiger partial charge in [-0.25, -0.2) is 4.68 Å². The maximum Gasteiger partial charge on any atom is 0.270 e. The summed E-state index contributed by atoms with van der Waals surface area (Å²) in [4.78, 5) is 13.3. The fourth-order valence-electron chi connectivity index (χ4n) is 3.61. The van der Waals surface area contributed by atoms with Crippen LogP contribution in [-0.4, -0.2) is 37.0 Å². The highest BCUT2D eigenvalue weighted by atomic mass is 16.5. The molecule has 1 N–H and O–H groups in total. The number of ether oxygens (including phenoxy) is 3. The van der Waals surface area contributed by atoms with Crippen molar-refractivity contribution < 1.29 is 19.0 Å². The fraction of sp³-hybridized carbons (Fsp3) is 0.333. The van der Waals surface area contributed by atoms with Gasteiger partial charge in [0.05, 0.1) is 38.8 Å². The van der Waals surface area contributed by atoms with Gasteiger partial charge in [-0.3, -0.25) is 4.79 Å². The van der Waals surface area contributed by atoms with Crippen molar-refractivity contribution in [3.63, 3.8) is 0 Å². The van der Waals surface area contributed by atoms with Crippen molar-refractivity contribution in [3.05, 3.63) is 65.5 Å². The third-order valence-corrected chi connectivity index (χ3v) is 5.49. The topological polar surface area (TPSA) is 74.6 Å². The first-order valence-electron chi connectivity index (χ1n) is 10.3. The molecule has 1 saturated carbocycles. The molecule has 0 radical (unpaired) electrons. The van der Waals surface area contributed by atoms with Crippen LogP contribution in [0, 0.1) is 0 Å². The number of carbonyl (C=O) groups excluding carboxylic acids is 1. The number of amides is 1. The van der Waals surface area contributed by atoms with E-state index in [-0.39, 0.29) is 11.9 Å². The van der Waals surface area contributed by atoms with Crippen LogP contribution in [0.4, 0.5) is 0 Å². The first-order valence-corrected chi connectivity index (χ1v) is 10.3. The molecule has 1 heterocycles. The monoisotopic (exact) mass is 421 g/mol. The van der Waals surface area contributed by atoms with Gasteiger partial charge in [0, 0.05) is 5.92 Å². The molecule has 1 fully saturated rings. The number of para-hydroxylation sites is 1. The number of rotatable bonds is 8. The van der Waals surface area contributed by atoms with Crippen LogP contribution in [0.2, 0.25) is 0 Å². The van der Waals surface area contributed by atoms with E-state index in [1.165, 1.54) is 0 Å². The minimum Gasteiger partial charge on any atom is -0.493 e. The summed E-state index contributed by atoms with van der Waals surface area (Å²) in [5.74, 6) is 1.86. The van der Waals surface area contributed by atoms with Crippen molar-refractivity contribution in [1.29, 1.82) is 0 Å². The van der Waals surface area contributed by atoms with E-state index in [4.69, 9.17) is 19.3 Å². The normalized spacial score (nSPS) is 14.1. The fourth-order valence-corrected chi connectivity index (χ4v) is 3.61. The number of nitrogens with one attached hydrogen (secondary N) is 1. The molecule has 3 aromatic rings. The molecule has 4 rings (SSSR count). The lowest BCUT2D eigenvalue weighted by molar-refractivity contribution is 0.0932. The zero-order valence-corrected chi connectivity index (χ0v) is 18.2. The van der Waals surface area contributed by atoms with Crippen molar-refractivity contribution in [1.82, 2.24) is 15.1 Å². The molecule has 1 aliphatic carbocycles. The number of hydrogen-bond acceptors (Lipinski definition) is 5. The summed E-state index contributed by atoms with van der Waals surface area (Å²) in [5, 5.41) is 7.80. The van der Waals surface area contributed by atoms with Gasteiger partial charge >= 0.3 is 0 Å². The van der Waals surface area contributed by atoms with Crippen molar-refractivity contribution in [2.75, 3.05) is 21.3 Å². The predicted molar refractivity (Wildman–Crippen MR) is 118 cm³/mol. The van der Waals surface area contributed by atoms with Gasteiger partial charge in [0.1, 0.15) is 5.69 Å². The second-order valence-electron chi connectivity index (χ2n) is 7.63. The van der Waals surface area contributed by atoms with Crippen LogP contribution in [0.15, 0.2) is 48.5 Å². The summed E-state index contributed by atoms with van der Waals surface area (Å²) in [6.07, 6.45) is 2.24. The number of methoxy groups -OCH3 is 3. The van der Waals surface area contributed by atoms with E-state index in [9.17, 15) is 4.79 Å². The third-order valence-electron chi connectivity index (χ3n) is 5.49. The van der Waals surface area contributed by atoms with Gasteiger partial charge in [-0.2, -0.15) is 5.10 Å². The van der Waals surface area contributed by atoms with Gasteiger partial charge in [-0.1, -0.05) is 18.2 Å². The number of carbonyl (C=O) groups is 1. The Morgan fingerprint density at radius 1 is 1.03 bits per heavy atom. The van der Waals surface area contributed by atoms with Crippen molar-refractivity contribution in [3.8, 4) is 22.9 Å². The Morgan fingerprint density at radius 2 is 1.68 bits per heavy atom. The summed E-state index contributed by atoms with van der Waals surface area (Å²) in [6, 6.07) is 15.0. The SMILES string of the molecule is COc1cc([C@H](C)NC(=O)c2cc(C3CC3)nn2-c2ccccc2)cc(OC)c1OC. The van der Waals surface area contributed by atoms with E-state index in [1.54, 1.807) is 26.0 Å². The summed E-state index contributed by atoms with van der Waals surface area (Å²) in [6.45, 7) is 1.92. The Labute approximate surface area is 181 Å². The molecule has 0 bridgehead atoms. The van der Waals surface area contributed by atoms with E-state index in [0.717, 1.165) is 29.8 Å². The molecule has 0 spiro atoms. The molecule has 31 heavy (non-hydrogen) atoms. The maximum absolute atomic E-state index is 13.3. The largest absolute Gasteiger partial charge is 0.493 e. The summed E-state index contributed by atoms with van der Waals surface area (Å²) >= 11 is 0. The Hall–Kier alpha value is -3.48. The Kier molecular flexibility index (Phi) is 5.84. The summed E-state index contributed by atoms with van der Waals surface area (Å²) in [5.41, 5.74) is 3.19. The van der Waals surface area contributed by atoms with Crippen LogP contribution in [-0.2, 0) is 0 Å². The number of aromatic nitrogens is 2. The van der Waals surface area contributed by atoms with Gasteiger partial charge in [0.15, 0.2) is 11.5 Å². The van der Waals surface area contributed by atoms with E-state index in [0.29, 0.717) is 28.9 Å². The highest BCUT2D eigenvalue weighted by Crippen LogP contribution is 2.41. The average molecular weight is 421 g/mol. The van der Waals surface area contributed by atoms with E-state index >= 15 is 0 Å². The summed E-state index contributed by atoms with van der Waals surface area (Å²) in [7, 11) is 4.71. The van der Waals surface area contributed by atoms with Gasteiger partial charge in [-0.05, 0) is 55.7 Å². The van der Waals surface area contributed by atoms with E-state index in [1.807, 2.05) is 55.5 Å². The van der Waals surface area contributed by atoms with E-state index < -0.39 is 0 Å². The molecular formula is C24H27N3O4. The first-order chi connectivity index (χ1) is 15.0. The molecule has 1 atom stereocenters. The molecule has 1 aliphatic rings. The van der Waals surface area contributed by atoms with Crippen molar-refractivity contribution >= 4 is 5.91 Å². The smallest absolute Gasteiger partial charge is 0.270 e. The minimum atomic E-state index is -0.287. The van der Waals surface area contributed by atoms with Crippen LogP contribution < -0.4 is 19.5 Å². The summed E-state index contributed by atoms with van der Waals surface area (Å²) < 4.78 is 18.0. The minimum absolute atomic E-state index is 0.190. The number of hydrogen-bond donors (Lipinski definition) is 1. The number of nitrogens with zero attached hydrogens (tertiary/aromatic N) is 2. The zero-order chi connectivity index (χ0) is 22.0. The Balaban J connectivity index is 1.63. The molecule has 0 unspecified atom stereocenters. The Bertz CT molecular complexity index is 1050. The standard InChI is InChI=1S/C24H27N3O4/c1-15(17-12-21(29-2)23(31-4)22(13-17)30-3)25-24(28)20-14-19(16-10-11-16)26-27(20)18-8-6-5-7-9-18/h5-9,12-16H,10-11H2,1-4H3,(H,25,28)/t15-/m0/s1. The molecule has 7 nitrogen and oxygen atoms in total. The lowest BCUT2D eigenvalue weighted by Gasteiger charge is -2.19. The molecule has 7 heteroatoms. The van der Waals surface area contributed by atoms with Crippen LogP contribution in [0.1, 0.15) is 53.5 Å². The molecule has 162 valence electrons. The van der Waals surface area contributed by atoms with Crippen LogP contribution in [0.3, 0.4) is 0 Å². The average Bonchev–Trinajstić information content (AvgIpc) is 3.56. The predicted octanol–water partition coefficient (Wildman–Crippen LogP) is 4.27. The Morgan fingerprint density at radius 3 is 2.23 bits per heavy atom. The zero-order valence-electron chi connectivity index (χ0n) is 18.2. The maximum atomic E-state index is 13.3. The molecule has 0 aliphatic heterocycles. The van der Waals surface area contributed by atoms with Crippen LogP contribution in [0.25, 0.3) is 5.69 Å². The van der Waals surface area contributed by atoms with Gasteiger partial charge in [0.2, 0.25) is 5.75 Å². The van der Waals surface area contributed by atoms with E-state index in [2.05, 4.69) is 5.32 Å².